The molecule has 0 radical (unpaired) electrons. The fourth-order valence-corrected chi connectivity index (χ4v) is 4.95. The Bertz CT molecular complexity index is 937. The molecule has 2 unspecified atom stereocenters. The number of halogens is 1. The van der Waals surface area contributed by atoms with E-state index in [1.165, 1.54) is 28.6 Å². The van der Waals surface area contributed by atoms with E-state index < -0.39 is 16.0 Å². The van der Waals surface area contributed by atoms with Crippen molar-refractivity contribution in [3.8, 4) is 5.75 Å². The van der Waals surface area contributed by atoms with E-state index in [-0.39, 0.29) is 35.8 Å². The zero-order valence-electron chi connectivity index (χ0n) is 15.0. The third kappa shape index (κ3) is 4.57. The largest absolute Gasteiger partial charge is 0.422 e. The van der Waals surface area contributed by atoms with Gasteiger partial charge in [0.1, 0.15) is 5.75 Å². The number of para-hydroxylation sites is 1. The zero-order valence-corrected chi connectivity index (χ0v) is 17.4. The lowest BCUT2D eigenvalue weighted by Crippen LogP contribution is -2.48. The monoisotopic (exact) mass is 453 g/mol. The van der Waals surface area contributed by atoms with Crippen LogP contribution in [0.4, 0.5) is 0 Å². The van der Waals surface area contributed by atoms with Crippen LogP contribution in [0.1, 0.15) is 24.2 Å². The molecule has 1 aliphatic rings. The van der Waals surface area contributed by atoms with Crippen LogP contribution in [0.25, 0.3) is 0 Å². The first kappa shape index (κ1) is 20.0. The number of sulfonamides is 1. The third-order valence-corrected chi connectivity index (χ3v) is 6.62. The Morgan fingerprint density at radius 3 is 2.44 bits per heavy atom. The van der Waals surface area contributed by atoms with Crippen molar-refractivity contribution < 1.29 is 22.7 Å². The summed E-state index contributed by atoms with van der Waals surface area (Å²) >= 11 is 3.32. The molecule has 0 aliphatic carbocycles. The molecule has 6 nitrogen and oxygen atoms in total. The maximum absolute atomic E-state index is 13.0. The highest BCUT2D eigenvalue weighted by Crippen LogP contribution is 2.26. The summed E-state index contributed by atoms with van der Waals surface area (Å²) in [5, 5.41) is 0. The van der Waals surface area contributed by atoms with Crippen LogP contribution in [0.2, 0.25) is 0 Å². The molecule has 2 aromatic carbocycles. The SMILES string of the molecule is CC1CN(S(=O)(=O)c2cccc(C(=O)Oc3ccccc3Br)c2)CC(C)O1. The van der Waals surface area contributed by atoms with Crippen molar-refractivity contribution in [1.29, 1.82) is 0 Å². The summed E-state index contributed by atoms with van der Waals surface area (Å²) in [7, 11) is -3.73. The van der Waals surface area contributed by atoms with Crippen LogP contribution in [0, 0.1) is 0 Å². The van der Waals surface area contributed by atoms with Crippen molar-refractivity contribution in [2.24, 2.45) is 0 Å². The van der Waals surface area contributed by atoms with E-state index in [9.17, 15) is 13.2 Å². The summed E-state index contributed by atoms with van der Waals surface area (Å²) in [6, 6.07) is 12.9. The first-order valence-corrected chi connectivity index (χ1v) is 10.7. The van der Waals surface area contributed by atoms with Gasteiger partial charge in [0.25, 0.3) is 0 Å². The summed E-state index contributed by atoms with van der Waals surface area (Å²) < 4.78 is 38.9. The number of benzene rings is 2. The molecule has 1 fully saturated rings. The molecule has 0 N–H and O–H groups in total. The smallest absolute Gasteiger partial charge is 0.343 e. The second-order valence-corrected chi connectivity index (χ2v) is 9.22. The fraction of sp³-hybridized carbons (Fsp3) is 0.316. The van der Waals surface area contributed by atoms with E-state index in [4.69, 9.17) is 9.47 Å². The van der Waals surface area contributed by atoms with Gasteiger partial charge in [-0.2, -0.15) is 4.31 Å². The van der Waals surface area contributed by atoms with Crippen LogP contribution in [-0.2, 0) is 14.8 Å². The van der Waals surface area contributed by atoms with Crippen molar-refractivity contribution in [2.45, 2.75) is 31.0 Å². The molecule has 27 heavy (non-hydrogen) atoms. The van der Waals surface area contributed by atoms with Crippen LogP contribution in [-0.4, -0.2) is 44.0 Å². The zero-order chi connectivity index (χ0) is 19.6. The van der Waals surface area contributed by atoms with Gasteiger partial charge in [0, 0.05) is 13.1 Å². The molecule has 8 heteroatoms. The second kappa shape index (κ2) is 8.10. The summed E-state index contributed by atoms with van der Waals surface area (Å²) in [4.78, 5) is 12.5. The van der Waals surface area contributed by atoms with Crippen molar-refractivity contribution in [3.63, 3.8) is 0 Å². The van der Waals surface area contributed by atoms with Crippen molar-refractivity contribution >= 4 is 31.9 Å². The van der Waals surface area contributed by atoms with Crippen molar-refractivity contribution in [3.05, 3.63) is 58.6 Å². The summed E-state index contributed by atoms with van der Waals surface area (Å²) in [5.41, 5.74) is 0.168. The van der Waals surface area contributed by atoms with Crippen LogP contribution in [0.15, 0.2) is 57.9 Å². The molecule has 3 rings (SSSR count). The first-order valence-electron chi connectivity index (χ1n) is 8.50. The van der Waals surface area contributed by atoms with Gasteiger partial charge in [-0.1, -0.05) is 18.2 Å². The molecular formula is C19H20BrNO5S. The van der Waals surface area contributed by atoms with Gasteiger partial charge in [-0.05, 0) is 60.1 Å². The van der Waals surface area contributed by atoms with Gasteiger partial charge in [-0.25, -0.2) is 13.2 Å². The maximum Gasteiger partial charge on any atom is 0.343 e. The van der Waals surface area contributed by atoms with Crippen LogP contribution >= 0.6 is 15.9 Å². The standard InChI is InChI=1S/C19H20BrNO5S/c1-13-11-21(12-14(2)25-13)27(23,24)16-7-5-6-15(10-16)19(22)26-18-9-4-3-8-17(18)20/h3-10,13-14H,11-12H2,1-2H3. The minimum absolute atomic E-state index is 0.0605. The van der Waals surface area contributed by atoms with E-state index in [0.29, 0.717) is 10.2 Å². The average Bonchev–Trinajstić information content (AvgIpc) is 2.63. The summed E-state index contributed by atoms with van der Waals surface area (Å²) in [5.74, 6) is -0.255. The Kier molecular flexibility index (Phi) is 6.00. The first-order chi connectivity index (χ1) is 12.8. The number of morpholine rings is 1. The molecule has 0 spiro atoms. The summed E-state index contributed by atoms with van der Waals surface area (Å²) in [6.45, 7) is 4.23. The average molecular weight is 454 g/mol. The van der Waals surface area contributed by atoms with Gasteiger partial charge in [0.15, 0.2) is 0 Å². The molecule has 0 amide bonds. The topological polar surface area (TPSA) is 72.9 Å². The minimum Gasteiger partial charge on any atom is -0.422 e. The molecule has 0 bridgehead atoms. The lowest BCUT2D eigenvalue weighted by Gasteiger charge is -2.34. The second-order valence-electron chi connectivity index (χ2n) is 6.43. The number of ether oxygens (including phenoxy) is 2. The number of carbonyl (C=O) groups is 1. The number of nitrogens with zero attached hydrogens (tertiary/aromatic N) is 1. The Morgan fingerprint density at radius 1 is 1.11 bits per heavy atom. The van der Waals surface area contributed by atoms with Gasteiger partial charge in [-0.15, -0.1) is 0 Å². The lowest BCUT2D eigenvalue weighted by atomic mass is 10.2. The highest BCUT2D eigenvalue weighted by atomic mass is 79.9. The third-order valence-electron chi connectivity index (χ3n) is 4.13. The minimum atomic E-state index is -3.73. The molecule has 0 saturated carbocycles. The number of hydrogen-bond donors (Lipinski definition) is 0. The van der Waals surface area contributed by atoms with Gasteiger partial charge in [-0.3, -0.25) is 0 Å². The predicted octanol–water partition coefficient (Wildman–Crippen LogP) is 3.47. The Morgan fingerprint density at radius 2 is 1.78 bits per heavy atom. The van der Waals surface area contributed by atoms with E-state index >= 15 is 0 Å². The number of rotatable bonds is 4. The Labute approximate surface area is 167 Å². The highest BCUT2D eigenvalue weighted by Gasteiger charge is 2.32. The molecule has 1 heterocycles. The Balaban J connectivity index is 1.84. The Hall–Kier alpha value is -1.74. The van der Waals surface area contributed by atoms with Gasteiger partial charge in [0.05, 0.1) is 27.1 Å². The van der Waals surface area contributed by atoms with E-state index in [1.54, 1.807) is 24.3 Å². The number of hydrogen-bond acceptors (Lipinski definition) is 5. The van der Waals surface area contributed by atoms with Crippen LogP contribution in [0.3, 0.4) is 0 Å². The van der Waals surface area contributed by atoms with Crippen molar-refractivity contribution in [2.75, 3.05) is 13.1 Å². The molecule has 1 saturated heterocycles. The lowest BCUT2D eigenvalue weighted by molar-refractivity contribution is -0.0440. The number of carbonyl (C=O) groups excluding carboxylic acids is 1. The number of esters is 1. The van der Waals surface area contributed by atoms with Crippen molar-refractivity contribution in [1.82, 2.24) is 4.31 Å². The molecule has 0 aromatic heterocycles. The molecule has 2 aromatic rings. The van der Waals surface area contributed by atoms with E-state index in [0.717, 1.165) is 0 Å². The molecule has 2 atom stereocenters. The predicted molar refractivity (Wildman–Crippen MR) is 104 cm³/mol. The van der Waals surface area contributed by atoms with E-state index in [2.05, 4.69) is 15.9 Å². The molecule has 1 aliphatic heterocycles. The highest BCUT2D eigenvalue weighted by molar-refractivity contribution is 9.10. The van der Waals surface area contributed by atoms with Gasteiger partial charge < -0.3 is 9.47 Å². The maximum atomic E-state index is 13.0. The molecular weight excluding hydrogens is 434 g/mol. The van der Waals surface area contributed by atoms with Gasteiger partial charge in [0.2, 0.25) is 10.0 Å². The normalized spacial score (nSPS) is 21.0. The van der Waals surface area contributed by atoms with Crippen LogP contribution < -0.4 is 4.74 Å². The van der Waals surface area contributed by atoms with E-state index in [1.807, 2.05) is 13.8 Å². The van der Waals surface area contributed by atoms with Crippen LogP contribution in [0.5, 0.6) is 5.75 Å². The fourth-order valence-electron chi connectivity index (χ4n) is 2.95. The van der Waals surface area contributed by atoms with Gasteiger partial charge >= 0.3 is 5.97 Å². The summed E-state index contributed by atoms with van der Waals surface area (Å²) in [6.07, 6.45) is -0.376. The molecule has 144 valence electrons. The quantitative estimate of drug-likeness (QED) is 0.523.